The zero-order valence-corrected chi connectivity index (χ0v) is 16.0. The number of ether oxygens (including phenoxy) is 1. The summed E-state index contributed by atoms with van der Waals surface area (Å²) in [6.07, 6.45) is 4.99. The number of anilines is 1. The smallest absolute Gasteiger partial charge is 0.166 e. The number of nitrogen functional groups attached to an aromatic ring is 1. The third-order valence-electron chi connectivity index (χ3n) is 5.05. The van der Waals surface area contributed by atoms with Crippen molar-refractivity contribution in [2.75, 3.05) is 5.73 Å². The number of pyridine rings is 1. The molecular weight excluding hydrogens is 385 g/mol. The summed E-state index contributed by atoms with van der Waals surface area (Å²) in [5.74, 6) is 0.188. The fourth-order valence-electron chi connectivity index (χ4n) is 3.70. The molecule has 0 saturated heterocycles. The Balaban J connectivity index is 1.79. The van der Waals surface area contributed by atoms with Gasteiger partial charge in [-0.1, -0.05) is 0 Å². The Morgan fingerprint density at radius 3 is 2.93 bits per heavy atom. The highest BCUT2D eigenvalue weighted by Crippen LogP contribution is 2.34. The van der Waals surface area contributed by atoms with Crippen molar-refractivity contribution in [2.45, 2.75) is 13.2 Å². The zero-order chi connectivity index (χ0) is 20.8. The highest BCUT2D eigenvalue weighted by Gasteiger charge is 2.21. The van der Waals surface area contributed by atoms with E-state index in [0.717, 1.165) is 11.1 Å². The molecule has 0 radical (unpaired) electrons. The van der Waals surface area contributed by atoms with Gasteiger partial charge in [-0.05, 0) is 24.3 Å². The number of nitrogens with zero attached hydrogens (tertiary/aromatic N) is 6. The number of hydrogen-bond donors (Lipinski definition) is 1. The molecule has 0 saturated carbocycles. The van der Waals surface area contributed by atoms with Crippen molar-refractivity contribution in [2.24, 2.45) is 7.05 Å². The molecule has 9 heteroatoms. The molecule has 1 aliphatic rings. The second-order valence-corrected chi connectivity index (χ2v) is 7.05. The van der Waals surface area contributed by atoms with Gasteiger partial charge >= 0.3 is 0 Å². The number of aromatic nitrogens is 5. The van der Waals surface area contributed by atoms with Gasteiger partial charge in [-0.3, -0.25) is 9.36 Å². The van der Waals surface area contributed by atoms with Gasteiger partial charge in [0.25, 0.3) is 0 Å². The SMILES string of the molecule is Cn1cc2c(n1)-c1ccc(F)cc1COc1cc(cnc1N)-c1c(C#N)cnn1C2. The molecule has 148 valence electrons. The van der Waals surface area contributed by atoms with Crippen molar-refractivity contribution in [3.63, 3.8) is 0 Å². The molecule has 0 amide bonds. The minimum absolute atomic E-state index is 0.0861. The topological polar surface area (TPSA) is 108 Å². The predicted molar refractivity (Wildman–Crippen MR) is 107 cm³/mol. The summed E-state index contributed by atoms with van der Waals surface area (Å²) in [5, 5.41) is 18.6. The van der Waals surface area contributed by atoms with E-state index in [0.29, 0.717) is 40.4 Å². The van der Waals surface area contributed by atoms with E-state index in [1.165, 1.54) is 18.3 Å². The Labute approximate surface area is 171 Å². The van der Waals surface area contributed by atoms with Gasteiger partial charge in [-0.15, -0.1) is 0 Å². The van der Waals surface area contributed by atoms with Crippen LogP contribution >= 0.6 is 0 Å². The maximum Gasteiger partial charge on any atom is 0.166 e. The maximum absolute atomic E-state index is 14.0. The molecule has 8 nitrogen and oxygen atoms in total. The van der Waals surface area contributed by atoms with Crippen LogP contribution in [-0.2, 0) is 20.2 Å². The lowest BCUT2D eigenvalue weighted by Gasteiger charge is -2.16. The van der Waals surface area contributed by atoms with Crippen molar-refractivity contribution in [3.05, 3.63) is 65.4 Å². The standard InChI is InChI=1S/C21H16FN7O/c1-28-9-15-10-29-20(14(6-23)8-26-29)12-5-18(21(24)25-7-12)30-11-13-4-16(22)2-3-17(13)19(15)27-28/h2-5,7-9H,10-11H2,1H3,(H2,24,25). The Kier molecular flexibility index (Phi) is 3.99. The first kappa shape index (κ1) is 17.9. The van der Waals surface area contributed by atoms with Crippen LogP contribution in [0, 0.1) is 17.1 Å². The molecule has 0 fully saturated rings. The predicted octanol–water partition coefficient (Wildman–Crippen LogP) is 2.88. The van der Waals surface area contributed by atoms with Crippen LogP contribution in [-0.4, -0.2) is 24.5 Å². The van der Waals surface area contributed by atoms with E-state index in [1.54, 1.807) is 27.7 Å². The van der Waals surface area contributed by atoms with Crippen LogP contribution in [0.3, 0.4) is 0 Å². The van der Waals surface area contributed by atoms with E-state index in [-0.39, 0.29) is 18.2 Å². The number of hydrogen-bond acceptors (Lipinski definition) is 6. The lowest BCUT2D eigenvalue weighted by atomic mass is 10.0. The summed E-state index contributed by atoms with van der Waals surface area (Å²) >= 11 is 0. The number of nitriles is 1. The number of fused-ring (bicyclic) bond motifs is 7. The number of aryl methyl sites for hydroxylation is 1. The summed E-state index contributed by atoms with van der Waals surface area (Å²) in [7, 11) is 1.82. The average molecular weight is 401 g/mol. The van der Waals surface area contributed by atoms with Crippen molar-refractivity contribution < 1.29 is 9.13 Å². The molecule has 3 aromatic heterocycles. The fourth-order valence-corrected chi connectivity index (χ4v) is 3.70. The van der Waals surface area contributed by atoms with Crippen molar-refractivity contribution >= 4 is 5.82 Å². The quantitative estimate of drug-likeness (QED) is 0.485. The van der Waals surface area contributed by atoms with Gasteiger partial charge < -0.3 is 10.5 Å². The number of nitrogens with two attached hydrogens (primary N) is 1. The molecule has 2 N–H and O–H groups in total. The summed E-state index contributed by atoms with van der Waals surface area (Å²) in [6.45, 7) is 0.459. The van der Waals surface area contributed by atoms with Gasteiger partial charge in [0.2, 0.25) is 0 Å². The van der Waals surface area contributed by atoms with Crippen molar-refractivity contribution in [1.29, 1.82) is 5.26 Å². The Morgan fingerprint density at radius 2 is 2.10 bits per heavy atom. The first-order valence-corrected chi connectivity index (χ1v) is 9.19. The third kappa shape index (κ3) is 2.86. The number of halogens is 1. The lowest BCUT2D eigenvalue weighted by Crippen LogP contribution is -2.08. The Morgan fingerprint density at radius 1 is 1.23 bits per heavy atom. The van der Waals surface area contributed by atoms with Crippen molar-refractivity contribution in [1.82, 2.24) is 24.5 Å². The molecule has 30 heavy (non-hydrogen) atoms. The summed E-state index contributed by atoms with van der Waals surface area (Å²) < 4.78 is 23.3. The van der Waals surface area contributed by atoms with E-state index in [4.69, 9.17) is 10.5 Å². The van der Waals surface area contributed by atoms with Crippen LogP contribution in [0.2, 0.25) is 0 Å². The molecule has 0 atom stereocenters. The van der Waals surface area contributed by atoms with E-state index >= 15 is 0 Å². The van der Waals surface area contributed by atoms with E-state index in [9.17, 15) is 9.65 Å². The Bertz CT molecular complexity index is 1330. The molecule has 0 aliphatic carbocycles. The minimum Gasteiger partial charge on any atom is -0.485 e. The molecule has 2 bridgehead atoms. The molecule has 5 rings (SSSR count). The third-order valence-corrected chi connectivity index (χ3v) is 5.05. The summed E-state index contributed by atoms with van der Waals surface area (Å²) in [6, 6.07) is 8.42. The lowest BCUT2D eigenvalue weighted by molar-refractivity contribution is 0.307. The van der Waals surface area contributed by atoms with Gasteiger partial charge in [0.1, 0.15) is 18.5 Å². The fraction of sp³-hybridized carbons (Fsp3) is 0.143. The summed E-state index contributed by atoms with van der Waals surface area (Å²) in [4.78, 5) is 4.22. The highest BCUT2D eigenvalue weighted by molar-refractivity contribution is 5.71. The monoisotopic (exact) mass is 401 g/mol. The van der Waals surface area contributed by atoms with Crippen LogP contribution in [0.5, 0.6) is 5.75 Å². The number of rotatable bonds is 0. The van der Waals surface area contributed by atoms with Crippen LogP contribution in [0.1, 0.15) is 16.7 Å². The maximum atomic E-state index is 14.0. The van der Waals surface area contributed by atoms with Gasteiger partial charge in [-0.2, -0.15) is 15.5 Å². The van der Waals surface area contributed by atoms with Gasteiger partial charge in [0.05, 0.1) is 29.7 Å². The van der Waals surface area contributed by atoms with E-state index in [1.807, 2.05) is 13.2 Å². The van der Waals surface area contributed by atoms with E-state index in [2.05, 4.69) is 21.3 Å². The normalized spacial score (nSPS) is 12.4. The second-order valence-electron chi connectivity index (χ2n) is 7.05. The van der Waals surface area contributed by atoms with E-state index < -0.39 is 0 Å². The molecular formula is C21H16FN7O. The molecule has 4 aromatic rings. The molecule has 0 unspecified atom stereocenters. The number of benzene rings is 1. The van der Waals surface area contributed by atoms with Crippen LogP contribution in [0.4, 0.5) is 10.2 Å². The Hall–Kier alpha value is -4.19. The molecule has 0 spiro atoms. The van der Waals surface area contributed by atoms with Crippen LogP contribution < -0.4 is 10.5 Å². The minimum atomic E-state index is -0.366. The van der Waals surface area contributed by atoms with Crippen molar-refractivity contribution in [3.8, 4) is 34.3 Å². The molecule has 4 heterocycles. The largest absolute Gasteiger partial charge is 0.485 e. The molecule has 1 aromatic carbocycles. The molecule has 1 aliphatic heterocycles. The highest BCUT2D eigenvalue weighted by atomic mass is 19.1. The average Bonchev–Trinajstić information content (AvgIpc) is 3.30. The van der Waals surface area contributed by atoms with Crippen LogP contribution in [0.15, 0.2) is 42.9 Å². The zero-order valence-electron chi connectivity index (χ0n) is 16.0. The van der Waals surface area contributed by atoms with Crippen LogP contribution in [0.25, 0.3) is 22.5 Å². The van der Waals surface area contributed by atoms with Gasteiger partial charge in [0.15, 0.2) is 11.6 Å². The summed E-state index contributed by atoms with van der Waals surface area (Å²) in [5.41, 5.74) is 10.6. The first-order valence-electron chi connectivity index (χ1n) is 9.19. The second kappa shape index (κ2) is 6.70. The van der Waals surface area contributed by atoms with Gasteiger partial charge in [0, 0.05) is 41.7 Å². The van der Waals surface area contributed by atoms with Gasteiger partial charge in [-0.25, -0.2) is 9.37 Å². The first-order chi connectivity index (χ1) is 14.5.